The summed E-state index contributed by atoms with van der Waals surface area (Å²) < 4.78 is 16.6. The first-order valence-electron chi connectivity index (χ1n) is 8.58. The fraction of sp³-hybridized carbons (Fsp3) is 0.263. The maximum Gasteiger partial charge on any atom is 0.271 e. The number of aromatic amines is 1. The highest BCUT2D eigenvalue weighted by molar-refractivity contribution is 6.32. The molecule has 0 radical (unpaired) electrons. The Bertz CT molecular complexity index is 979. The van der Waals surface area contributed by atoms with Crippen LogP contribution in [0.4, 0.5) is 0 Å². The van der Waals surface area contributed by atoms with E-state index in [0.29, 0.717) is 59.8 Å². The molecule has 1 aliphatic heterocycles. The highest BCUT2D eigenvalue weighted by atomic mass is 35.5. The molecule has 0 bridgehead atoms. The lowest BCUT2D eigenvalue weighted by molar-refractivity contribution is 0.0949. The van der Waals surface area contributed by atoms with Crippen molar-refractivity contribution in [3.05, 3.63) is 52.4 Å². The Kier molecular flexibility index (Phi) is 4.77. The van der Waals surface area contributed by atoms with Crippen LogP contribution in [0.5, 0.6) is 11.5 Å². The SMILES string of the molecule is Cc1ccc(-c2cc(C(=O)NCCc3cc(Cl)c4c(c3)OCCO4)n[nH]2)o1. The summed E-state index contributed by atoms with van der Waals surface area (Å²) in [5.74, 6) is 2.40. The quantitative estimate of drug-likeness (QED) is 0.700. The molecule has 1 aromatic carbocycles. The summed E-state index contributed by atoms with van der Waals surface area (Å²) in [6.45, 7) is 3.29. The molecule has 0 atom stereocenters. The Balaban J connectivity index is 1.36. The molecule has 0 fully saturated rings. The molecule has 0 spiro atoms. The number of hydrogen-bond donors (Lipinski definition) is 2. The number of carbonyl (C=O) groups is 1. The summed E-state index contributed by atoms with van der Waals surface area (Å²) in [6, 6.07) is 9.06. The lowest BCUT2D eigenvalue weighted by atomic mass is 10.1. The van der Waals surface area contributed by atoms with Crippen molar-refractivity contribution >= 4 is 17.5 Å². The standard InChI is InChI=1S/C19H18ClN3O4/c1-11-2-3-16(27-11)14-10-15(23-22-14)19(24)21-5-4-12-8-13(20)18-17(9-12)25-6-7-26-18/h2-3,8-10H,4-7H2,1H3,(H,21,24)(H,22,23). The van der Waals surface area contributed by atoms with Gasteiger partial charge in [-0.25, -0.2) is 0 Å². The molecule has 1 amide bonds. The van der Waals surface area contributed by atoms with Gasteiger partial charge in [0.25, 0.3) is 5.91 Å². The van der Waals surface area contributed by atoms with Gasteiger partial charge in [0.05, 0.1) is 5.02 Å². The van der Waals surface area contributed by atoms with Crippen LogP contribution in [0.15, 0.2) is 34.7 Å². The van der Waals surface area contributed by atoms with Crippen molar-refractivity contribution in [2.45, 2.75) is 13.3 Å². The van der Waals surface area contributed by atoms with Crippen molar-refractivity contribution in [2.24, 2.45) is 0 Å². The van der Waals surface area contributed by atoms with Gasteiger partial charge in [0.1, 0.15) is 24.7 Å². The predicted molar refractivity (Wildman–Crippen MR) is 99.5 cm³/mol. The zero-order chi connectivity index (χ0) is 18.8. The molecule has 4 rings (SSSR count). The fourth-order valence-corrected chi connectivity index (χ4v) is 3.15. The van der Waals surface area contributed by atoms with Crippen LogP contribution >= 0.6 is 11.6 Å². The largest absolute Gasteiger partial charge is 0.486 e. The summed E-state index contributed by atoms with van der Waals surface area (Å²) in [7, 11) is 0. The van der Waals surface area contributed by atoms with E-state index in [1.165, 1.54) is 0 Å². The van der Waals surface area contributed by atoms with Crippen LogP contribution in [0.2, 0.25) is 5.02 Å². The van der Waals surface area contributed by atoms with E-state index in [2.05, 4.69) is 15.5 Å². The molecule has 0 aliphatic carbocycles. The van der Waals surface area contributed by atoms with E-state index in [0.717, 1.165) is 11.3 Å². The van der Waals surface area contributed by atoms with Gasteiger partial charge in [-0.15, -0.1) is 0 Å². The number of amides is 1. The van der Waals surface area contributed by atoms with Crippen LogP contribution in [0, 0.1) is 6.92 Å². The number of hydrogen-bond acceptors (Lipinski definition) is 5. The van der Waals surface area contributed by atoms with E-state index >= 15 is 0 Å². The molecule has 27 heavy (non-hydrogen) atoms. The Morgan fingerprint density at radius 3 is 2.93 bits per heavy atom. The Morgan fingerprint density at radius 1 is 1.26 bits per heavy atom. The van der Waals surface area contributed by atoms with Gasteiger partial charge in [-0.2, -0.15) is 5.10 Å². The zero-order valence-electron chi connectivity index (χ0n) is 14.7. The Morgan fingerprint density at radius 2 is 2.11 bits per heavy atom. The molecule has 2 aromatic heterocycles. The molecule has 0 saturated heterocycles. The van der Waals surface area contributed by atoms with Gasteiger partial charge in [-0.05, 0) is 43.2 Å². The van der Waals surface area contributed by atoms with Crippen molar-refractivity contribution in [2.75, 3.05) is 19.8 Å². The number of nitrogens with zero attached hydrogens (tertiary/aromatic N) is 1. The van der Waals surface area contributed by atoms with E-state index in [1.807, 2.05) is 31.2 Å². The monoisotopic (exact) mass is 387 g/mol. The van der Waals surface area contributed by atoms with Gasteiger partial charge < -0.3 is 19.2 Å². The minimum atomic E-state index is -0.260. The topological polar surface area (TPSA) is 89.4 Å². The van der Waals surface area contributed by atoms with Gasteiger partial charge in [0.15, 0.2) is 23.0 Å². The van der Waals surface area contributed by atoms with Crippen molar-refractivity contribution in [1.82, 2.24) is 15.5 Å². The van der Waals surface area contributed by atoms with Crippen LogP contribution in [0.1, 0.15) is 21.8 Å². The molecule has 0 unspecified atom stereocenters. The number of carbonyl (C=O) groups excluding carboxylic acids is 1. The van der Waals surface area contributed by atoms with E-state index in [4.69, 9.17) is 25.5 Å². The first-order chi connectivity index (χ1) is 13.1. The van der Waals surface area contributed by atoms with Crippen molar-refractivity contribution in [1.29, 1.82) is 0 Å². The summed E-state index contributed by atoms with van der Waals surface area (Å²) in [5, 5.41) is 10.2. The smallest absolute Gasteiger partial charge is 0.271 e. The Hall–Kier alpha value is -2.93. The minimum absolute atomic E-state index is 0.260. The fourth-order valence-electron chi connectivity index (χ4n) is 2.86. The van der Waals surface area contributed by atoms with Crippen molar-refractivity contribution in [3.8, 4) is 23.0 Å². The number of H-pyrrole nitrogens is 1. The zero-order valence-corrected chi connectivity index (χ0v) is 15.4. The second-order valence-corrected chi connectivity index (χ2v) is 6.59. The number of aromatic nitrogens is 2. The predicted octanol–water partition coefficient (Wildman–Crippen LogP) is 3.38. The first kappa shape index (κ1) is 17.5. The van der Waals surface area contributed by atoms with E-state index in [9.17, 15) is 4.79 Å². The maximum absolute atomic E-state index is 12.3. The molecular weight excluding hydrogens is 370 g/mol. The van der Waals surface area contributed by atoms with Gasteiger partial charge in [0.2, 0.25) is 0 Å². The third kappa shape index (κ3) is 3.78. The molecule has 8 heteroatoms. The van der Waals surface area contributed by atoms with Gasteiger partial charge in [-0.1, -0.05) is 11.6 Å². The first-order valence-corrected chi connectivity index (χ1v) is 8.96. The van der Waals surface area contributed by atoms with Crippen LogP contribution in [-0.4, -0.2) is 35.9 Å². The number of nitrogens with one attached hydrogen (secondary N) is 2. The highest BCUT2D eigenvalue weighted by Crippen LogP contribution is 2.38. The van der Waals surface area contributed by atoms with E-state index < -0.39 is 0 Å². The number of furan rings is 1. The number of ether oxygens (including phenoxy) is 2. The molecule has 2 N–H and O–H groups in total. The van der Waals surface area contributed by atoms with Crippen LogP contribution in [-0.2, 0) is 6.42 Å². The third-order valence-corrected chi connectivity index (χ3v) is 4.45. The van der Waals surface area contributed by atoms with Crippen LogP contribution in [0.3, 0.4) is 0 Å². The maximum atomic E-state index is 12.3. The highest BCUT2D eigenvalue weighted by Gasteiger charge is 2.17. The Labute approximate surface area is 160 Å². The summed E-state index contributed by atoms with van der Waals surface area (Å²) in [6.07, 6.45) is 0.608. The molecule has 3 heterocycles. The third-order valence-electron chi connectivity index (χ3n) is 4.17. The summed E-state index contributed by atoms with van der Waals surface area (Å²) in [5.41, 5.74) is 1.92. The minimum Gasteiger partial charge on any atom is -0.486 e. The van der Waals surface area contributed by atoms with E-state index in [-0.39, 0.29) is 5.91 Å². The molecule has 0 saturated carbocycles. The van der Waals surface area contributed by atoms with Gasteiger partial charge in [-0.3, -0.25) is 9.89 Å². The number of fused-ring (bicyclic) bond motifs is 1. The number of aryl methyl sites for hydroxylation is 1. The lowest BCUT2D eigenvalue weighted by Crippen LogP contribution is -2.26. The molecule has 7 nitrogen and oxygen atoms in total. The number of halogens is 1. The number of benzene rings is 1. The van der Waals surface area contributed by atoms with E-state index in [1.54, 1.807) is 6.07 Å². The molecule has 140 valence electrons. The second kappa shape index (κ2) is 7.36. The molecular formula is C19H18ClN3O4. The van der Waals surface area contributed by atoms with Crippen molar-refractivity contribution in [3.63, 3.8) is 0 Å². The number of rotatable bonds is 5. The van der Waals surface area contributed by atoms with Crippen molar-refractivity contribution < 1.29 is 18.7 Å². The second-order valence-electron chi connectivity index (χ2n) is 6.18. The molecule has 3 aromatic rings. The van der Waals surface area contributed by atoms with Gasteiger partial charge in [0, 0.05) is 12.6 Å². The summed E-state index contributed by atoms with van der Waals surface area (Å²) >= 11 is 6.23. The average molecular weight is 388 g/mol. The van der Waals surface area contributed by atoms with Gasteiger partial charge >= 0.3 is 0 Å². The van der Waals surface area contributed by atoms with Crippen LogP contribution in [0.25, 0.3) is 11.5 Å². The normalized spacial score (nSPS) is 12.8. The lowest BCUT2D eigenvalue weighted by Gasteiger charge is -2.20. The molecule has 1 aliphatic rings. The summed E-state index contributed by atoms with van der Waals surface area (Å²) in [4.78, 5) is 12.3. The van der Waals surface area contributed by atoms with Crippen LogP contribution < -0.4 is 14.8 Å². The average Bonchev–Trinajstić information content (AvgIpc) is 3.31.